The summed E-state index contributed by atoms with van der Waals surface area (Å²) in [6.45, 7) is 1.77. The van der Waals surface area contributed by atoms with Crippen molar-refractivity contribution < 1.29 is 14.0 Å². The molecule has 5 rings (SSSR count). The van der Waals surface area contributed by atoms with Crippen molar-refractivity contribution in [3.8, 4) is 0 Å². The van der Waals surface area contributed by atoms with Crippen molar-refractivity contribution in [2.75, 3.05) is 18.0 Å². The molecule has 0 bridgehead atoms. The number of rotatable bonds is 4. The molecule has 0 unspecified atom stereocenters. The number of hydrogen-bond acceptors (Lipinski definition) is 4. The molecule has 6 nitrogen and oxygen atoms in total. The number of hydrogen-bond donors (Lipinski definition) is 1. The quantitative estimate of drug-likeness (QED) is 0.667. The summed E-state index contributed by atoms with van der Waals surface area (Å²) in [5.74, 6) is -0.757. The molecule has 1 N–H and O–H groups in total. The van der Waals surface area contributed by atoms with Crippen molar-refractivity contribution in [1.82, 2.24) is 15.2 Å². The largest absolute Gasteiger partial charge is 0.350 e. The molecule has 1 aromatic heterocycles. The van der Waals surface area contributed by atoms with E-state index < -0.39 is 5.82 Å². The molecule has 2 aliphatic rings. The summed E-state index contributed by atoms with van der Waals surface area (Å²) < 4.78 is 13.5. The number of halogens is 1. The number of amides is 2. The van der Waals surface area contributed by atoms with Gasteiger partial charge in [-0.15, -0.1) is 0 Å². The fourth-order valence-corrected chi connectivity index (χ4v) is 4.88. The van der Waals surface area contributed by atoms with E-state index in [1.807, 2.05) is 23.1 Å². The molecule has 1 saturated heterocycles. The van der Waals surface area contributed by atoms with Crippen LogP contribution in [0.1, 0.15) is 39.1 Å². The smallest absolute Gasteiger partial charge is 0.259 e. The summed E-state index contributed by atoms with van der Waals surface area (Å²) in [4.78, 5) is 34.3. The molecule has 7 heteroatoms. The van der Waals surface area contributed by atoms with E-state index in [9.17, 15) is 14.0 Å². The van der Waals surface area contributed by atoms with E-state index in [1.165, 1.54) is 18.2 Å². The summed E-state index contributed by atoms with van der Waals surface area (Å²) in [5, 5.41) is 2.97. The lowest BCUT2D eigenvalue weighted by atomic mass is 10.1. The third-order valence-electron chi connectivity index (χ3n) is 6.54. The summed E-state index contributed by atoms with van der Waals surface area (Å²) in [6, 6.07) is 17.6. The van der Waals surface area contributed by atoms with Crippen LogP contribution in [0, 0.1) is 5.82 Å². The predicted molar refractivity (Wildman–Crippen MR) is 123 cm³/mol. The molecule has 1 fully saturated rings. The van der Waals surface area contributed by atoms with Crippen molar-refractivity contribution in [3.63, 3.8) is 0 Å². The molecule has 0 radical (unpaired) electrons. The first kappa shape index (κ1) is 21.3. The number of para-hydroxylation sites is 1. The van der Waals surface area contributed by atoms with Crippen molar-refractivity contribution >= 4 is 17.5 Å². The summed E-state index contributed by atoms with van der Waals surface area (Å²) in [6.07, 6.45) is 5.12. The highest BCUT2D eigenvalue weighted by Crippen LogP contribution is 2.35. The predicted octanol–water partition coefficient (Wildman–Crippen LogP) is 3.64. The average Bonchev–Trinajstić information content (AvgIpc) is 3.14. The van der Waals surface area contributed by atoms with Gasteiger partial charge in [0.2, 0.25) is 0 Å². The van der Waals surface area contributed by atoms with Crippen LogP contribution in [0.25, 0.3) is 0 Å². The number of carbonyl (C=O) groups is 2. The van der Waals surface area contributed by atoms with Gasteiger partial charge < -0.3 is 10.2 Å². The Balaban J connectivity index is 1.35. The zero-order chi connectivity index (χ0) is 22.8. The zero-order valence-corrected chi connectivity index (χ0v) is 18.2. The molecule has 3 heterocycles. The Morgan fingerprint density at radius 2 is 1.88 bits per heavy atom. The Hall–Kier alpha value is -3.58. The highest BCUT2D eigenvalue weighted by Gasteiger charge is 2.39. The minimum atomic E-state index is -0.425. The topological polar surface area (TPSA) is 65.5 Å². The van der Waals surface area contributed by atoms with Gasteiger partial charge in [-0.1, -0.05) is 24.3 Å². The summed E-state index contributed by atoms with van der Waals surface area (Å²) in [7, 11) is 0. The van der Waals surface area contributed by atoms with Gasteiger partial charge in [-0.3, -0.25) is 19.5 Å². The van der Waals surface area contributed by atoms with Crippen LogP contribution in [0.5, 0.6) is 0 Å². The Kier molecular flexibility index (Phi) is 5.88. The lowest BCUT2D eigenvalue weighted by Crippen LogP contribution is -2.45. The van der Waals surface area contributed by atoms with Crippen molar-refractivity contribution in [1.29, 1.82) is 0 Å². The van der Waals surface area contributed by atoms with Crippen LogP contribution in [-0.4, -0.2) is 46.9 Å². The molecule has 33 heavy (non-hydrogen) atoms. The van der Waals surface area contributed by atoms with Gasteiger partial charge in [0.15, 0.2) is 0 Å². The van der Waals surface area contributed by atoms with Crippen LogP contribution in [0.4, 0.5) is 10.1 Å². The Bertz CT molecular complexity index is 1170. The molecule has 0 spiro atoms. The second-order valence-corrected chi connectivity index (χ2v) is 8.56. The molecule has 3 aromatic rings. The van der Waals surface area contributed by atoms with Crippen LogP contribution in [0.2, 0.25) is 0 Å². The van der Waals surface area contributed by atoms with Gasteiger partial charge in [0.25, 0.3) is 11.8 Å². The number of anilines is 1. The lowest BCUT2D eigenvalue weighted by molar-refractivity contribution is 0.0933. The van der Waals surface area contributed by atoms with Crippen molar-refractivity contribution in [2.45, 2.75) is 31.5 Å². The van der Waals surface area contributed by atoms with Crippen molar-refractivity contribution in [2.24, 2.45) is 0 Å². The first-order valence-electron chi connectivity index (χ1n) is 11.2. The van der Waals surface area contributed by atoms with E-state index in [0.29, 0.717) is 30.8 Å². The first-order chi connectivity index (χ1) is 16.1. The standard InChI is InChI=1S/C26H25FN4O2/c27-21-8-3-6-18(13-21)25(32)29-15-22-10-11-23-17-31(26(33)19-7-4-12-28-14-19)24-9-2-1-5-20(24)16-30(22)23/h1-9,12-14,22-23H,10-11,15-17H2,(H,29,32)/t22-,23+/m1/s1. The second kappa shape index (κ2) is 9.11. The number of nitrogens with one attached hydrogen (secondary N) is 1. The number of aromatic nitrogens is 1. The highest BCUT2D eigenvalue weighted by atomic mass is 19.1. The Morgan fingerprint density at radius 1 is 1.03 bits per heavy atom. The van der Waals surface area contributed by atoms with E-state index >= 15 is 0 Å². The van der Waals surface area contributed by atoms with Gasteiger partial charge in [0, 0.05) is 55.4 Å². The van der Waals surface area contributed by atoms with Crippen LogP contribution in [0.3, 0.4) is 0 Å². The van der Waals surface area contributed by atoms with Gasteiger partial charge >= 0.3 is 0 Å². The molecule has 168 valence electrons. The Labute approximate surface area is 192 Å². The molecule has 2 aliphatic heterocycles. The molecule has 2 atom stereocenters. The van der Waals surface area contributed by atoms with Gasteiger partial charge in [-0.2, -0.15) is 0 Å². The maximum Gasteiger partial charge on any atom is 0.259 e. The molecule has 0 saturated carbocycles. The summed E-state index contributed by atoms with van der Waals surface area (Å²) in [5.41, 5.74) is 2.89. The summed E-state index contributed by atoms with van der Waals surface area (Å²) >= 11 is 0. The molecule has 2 amide bonds. The normalized spacial score (nSPS) is 20.0. The van der Waals surface area contributed by atoms with Crippen LogP contribution >= 0.6 is 0 Å². The molecule has 2 aromatic carbocycles. The Morgan fingerprint density at radius 3 is 2.70 bits per heavy atom. The van der Waals surface area contributed by atoms with Crippen molar-refractivity contribution in [3.05, 3.63) is 95.6 Å². The fraction of sp³-hybridized carbons (Fsp3) is 0.269. The van der Waals surface area contributed by atoms with E-state index in [4.69, 9.17) is 0 Å². The van der Waals surface area contributed by atoms with Gasteiger partial charge in [0.1, 0.15) is 5.82 Å². The third-order valence-corrected chi connectivity index (χ3v) is 6.54. The van der Waals surface area contributed by atoms with E-state index in [0.717, 1.165) is 24.1 Å². The minimum absolute atomic E-state index is 0.0553. The van der Waals surface area contributed by atoms with E-state index in [2.05, 4.69) is 21.3 Å². The maximum atomic E-state index is 13.5. The molecule has 0 aliphatic carbocycles. The minimum Gasteiger partial charge on any atom is -0.350 e. The molecular weight excluding hydrogens is 419 g/mol. The first-order valence-corrected chi connectivity index (χ1v) is 11.2. The molecular formula is C26H25FN4O2. The van der Waals surface area contributed by atoms with Crippen LogP contribution in [-0.2, 0) is 6.54 Å². The number of fused-ring (bicyclic) bond motifs is 2. The van der Waals surface area contributed by atoms with E-state index in [1.54, 1.807) is 30.6 Å². The number of benzene rings is 2. The number of nitrogens with zero attached hydrogens (tertiary/aromatic N) is 3. The van der Waals surface area contributed by atoms with Gasteiger partial charge in [-0.05, 0) is 54.8 Å². The van der Waals surface area contributed by atoms with Gasteiger partial charge in [-0.25, -0.2) is 4.39 Å². The highest BCUT2D eigenvalue weighted by molar-refractivity contribution is 6.06. The monoisotopic (exact) mass is 444 g/mol. The SMILES string of the molecule is O=C(NC[C@H]1CC[C@H]2CN(C(=O)c3cccnc3)c3ccccc3CN12)c1cccc(F)c1. The maximum absolute atomic E-state index is 13.5. The second-order valence-electron chi connectivity index (χ2n) is 8.56. The number of carbonyl (C=O) groups excluding carboxylic acids is 2. The average molecular weight is 445 g/mol. The van der Waals surface area contributed by atoms with Crippen LogP contribution < -0.4 is 10.2 Å². The third kappa shape index (κ3) is 4.36. The lowest BCUT2D eigenvalue weighted by Gasteiger charge is -2.29. The van der Waals surface area contributed by atoms with E-state index in [-0.39, 0.29) is 23.9 Å². The fourth-order valence-electron chi connectivity index (χ4n) is 4.88. The number of pyridine rings is 1. The zero-order valence-electron chi connectivity index (χ0n) is 18.2. The van der Waals surface area contributed by atoms with Gasteiger partial charge in [0.05, 0.1) is 5.56 Å². The van der Waals surface area contributed by atoms with Crippen LogP contribution in [0.15, 0.2) is 73.1 Å².